The van der Waals surface area contributed by atoms with E-state index < -0.39 is 0 Å². The van der Waals surface area contributed by atoms with Crippen molar-refractivity contribution in [3.05, 3.63) is 0 Å². The van der Waals surface area contributed by atoms with E-state index in [2.05, 4.69) is 41.5 Å². The highest BCUT2D eigenvalue weighted by molar-refractivity contribution is 4.71. The van der Waals surface area contributed by atoms with E-state index in [-0.39, 0.29) is 0 Å². The molecule has 0 heterocycles. The van der Waals surface area contributed by atoms with Gasteiger partial charge in [0.2, 0.25) is 0 Å². The molecule has 0 saturated carbocycles. The monoisotopic (exact) mass is 270 g/mol. The van der Waals surface area contributed by atoms with Gasteiger partial charge in [-0.15, -0.1) is 0 Å². The molecule has 0 aromatic rings. The van der Waals surface area contributed by atoms with Crippen molar-refractivity contribution in [1.82, 2.24) is 0 Å². The highest BCUT2D eigenvalue weighted by Gasteiger charge is 2.23. The fourth-order valence-corrected chi connectivity index (χ4v) is 2.91. The summed E-state index contributed by atoms with van der Waals surface area (Å²) in [5, 5.41) is 0. The van der Waals surface area contributed by atoms with Crippen LogP contribution in [0.3, 0.4) is 0 Å². The zero-order chi connectivity index (χ0) is 14.7. The van der Waals surface area contributed by atoms with Crippen molar-refractivity contribution >= 4 is 0 Å². The highest BCUT2D eigenvalue weighted by atomic mass is 16.5. The minimum Gasteiger partial charge on any atom is -0.374 e. The van der Waals surface area contributed by atoms with E-state index in [0.717, 1.165) is 12.8 Å². The van der Waals surface area contributed by atoms with Crippen molar-refractivity contribution in [3.8, 4) is 0 Å². The van der Waals surface area contributed by atoms with Crippen molar-refractivity contribution in [2.45, 2.75) is 105 Å². The maximum atomic E-state index is 6.47. The second-order valence-corrected chi connectivity index (χ2v) is 6.27. The van der Waals surface area contributed by atoms with Crippen LogP contribution in [0.2, 0.25) is 0 Å². The number of hydrogen-bond donors (Lipinski definition) is 0. The maximum Gasteiger partial charge on any atom is 0.0601 e. The fourth-order valence-electron chi connectivity index (χ4n) is 2.91. The van der Waals surface area contributed by atoms with Crippen molar-refractivity contribution < 1.29 is 4.74 Å². The molecule has 0 N–H and O–H groups in total. The molecule has 0 aliphatic rings. The topological polar surface area (TPSA) is 9.23 Å². The van der Waals surface area contributed by atoms with Crippen LogP contribution in [0.5, 0.6) is 0 Å². The summed E-state index contributed by atoms with van der Waals surface area (Å²) < 4.78 is 6.47. The Bertz CT molecular complexity index is 170. The molecule has 0 saturated heterocycles. The highest BCUT2D eigenvalue weighted by Crippen LogP contribution is 2.25. The first-order valence-electron chi connectivity index (χ1n) is 8.75. The van der Waals surface area contributed by atoms with Crippen molar-refractivity contribution in [2.75, 3.05) is 0 Å². The molecule has 0 bridgehead atoms. The Morgan fingerprint density at radius 3 is 1.32 bits per heavy atom. The second kappa shape index (κ2) is 11.8. The molecule has 0 radical (unpaired) electrons. The predicted octanol–water partition coefficient (Wildman–Crippen LogP) is 6.21. The van der Waals surface area contributed by atoms with Crippen molar-refractivity contribution in [3.63, 3.8) is 0 Å². The first-order valence-corrected chi connectivity index (χ1v) is 8.75. The smallest absolute Gasteiger partial charge is 0.0601 e. The van der Waals surface area contributed by atoms with Crippen LogP contribution in [-0.4, -0.2) is 12.2 Å². The summed E-state index contributed by atoms with van der Waals surface area (Å²) in [7, 11) is 0. The van der Waals surface area contributed by atoms with Crippen LogP contribution in [0.1, 0.15) is 92.9 Å². The molecule has 19 heavy (non-hydrogen) atoms. The Balaban J connectivity index is 4.29. The van der Waals surface area contributed by atoms with Crippen molar-refractivity contribution in [2.24, 2.45) is 11.8 Å². The summed E-state index contributed by atoms with van der Waals surface area (Å²) in [5.41, 5.74) is 0. The van der Waals surface area contributed by atoms with Gasteiger partial charge in [0.1, 0.15) is 0 Å². The standard InChI is InChI=1S/C18H38O/c1-7-11-13-15(5)17(9-3)19-18(10-4)16(6)14-12-8-2/h15-18H,7-14H2,1-6H3. The molecule has 1 nitrogen and oxygen atoms in total. The van der Waals surface area contributed by atoms with E-state index in [9.17, 15) is 0 Å². The maximum absolute atomic E-state index is 6.47. The lowest BCUT2D eigenvalue weighted by molar-refractivity contribution is -0.0686. The summed E-state index contributed by atoms with van der Waals surface area (Å²) in [6, 6.07) is 0. The molecule has 116 valence electrons. The van der Waals surface area contributed by atoms with Crippen LogP contribution in [0.4, 0.5) is 0 Å². The normalized spacial score (nSPS) is 18.0. The summed E-state index contributed by atoms with van der Waals surface area (Å²) in [4.78, 5) is 0. The molecular formula is C18H38O. The molecule has 4 atom stereocenters. The SMILES string of the molecule is CCCCC(C)C(CC)OC(CC)C(C)CCCC. The fraction of sp³-hybridized carbons (Fsp3) is 1.00. The van der Waals surface area contributed by atoms with Gasteiger partial charge in [0.25, 0.3) is 0 Å². The lowest BCUT2D eigenvalue weighted by Crippen LogP contribution is -2.31. The molecule has 4 unspecified atom stereocenters. The van der Waals surface area contributed by atoms with E-state index >= 15 is 0 Å². The van der Waals surface area contributed by atoms with Gasteiger partial charge in [-0.25, -0.2) is 0 Å². The van der Waals surface area contributed by atoms with Gasteiger partial charge in [0.15, 0.2) is 0 Å². The number of unbranched alkanes of at least 4 members (excludes halogenated alkanes) is 2. The van der Waals surface area contributed by atoms with Gasteiger partial charge in [-0.1, -0.05) is 67.2 Å². The first kappa shape index (κ1) is 19.0. The van der Waals surface area contributed by atoms with Gasteiger partial charge < -0.3 is 4.74 Å². The largest absolute Gasteiger partial charge is 0.374 e. The van der Waals surface area contributed by atoms with Crippen molar-refractivity contribution in [1.29, 1.82) is 0 Å². The third-order valence-corrected chi connectivity index (χ3v) is 4.45. The number of rotatable bonds is 12. The van der Waals surface area contributed by atoms with Crippen LogP contribution in [-0.2, 0) is 4.74 Å². The summed E-state index contributed by atoms with van der Waals surface area (Å²) in [6.07, 6.45) is 11.1. The lowest BCUT2D eigenvalue weighted by Gasteiger charge is -2.31. The third-order valence-electron chi connectivity index (χ3n) is 4.45. The molecule has 0 spiro atoms. The average Bonchev–Trinajstić information content (AvgIpc) is 2.43. The Labute approximate surface area is 122 Å². The van der Waals surface area contributed by atoms with E-state index in [1.54, 1.807) is 0 Å². The Morgan fingerprint density at radius 1 is 0.684 bits per heavy atom. The summed E-state index contributed by atoms with van der Waals surface area (Å²) in [5.74, 6) is 1.41. The molecular weight excluding hydrogens is 232 g/mol. The first-order chi connectivity index (χ1) is 9.10. The van der Waals surface area contributed by atoms with E-state index in [4.69, 9.17) is 4.74 Å². The van der Waals surface area contributed by atoms with Crippen LogP contribution in [0.15, 0.2) is 0 Å². The van der Waals surface area contributed by atoms with Gasteiger partial charge in [0.05, 0.1) is 12.2 Å². The zero-order valence-electron chi connectivity index (χ0n) is 14.4. The van der Waals surface area contributed by atoms with Gasteiger partial charge in [0, 0.05) is 0 Å². The van der Waals surface area contributed by atoms with E-state index in [0.29, 0.717) is 24.0 Å². The minimum atomic E-state index is 0.459. The Hall–Kier alpha value is -0.0400. The minimum absolute atomic E-state index is 0.459. The molecule has 0 aliphatic carbocycles. The molecule has 0 amide bonds. The lowest BCUT2D eigenvalue weighted by atomic mass is 9.93. The summed E-state index contributed by atoms with van der Waals surface area (Å²) >= 11 is 0. The van der Waals surface area contributed by atoms with Crippen LogP contribution in [0.25, 0.3) is 0 Å². The van der Waals surface area contributed by atoms with Gasteiger partial charge in [-0.3, -0.25) is 0 Å². The molecule has 0 aromatic heterocycles. The van der Waals surface area contributed by atoms with Gasteiger partial charge in [-0.2, -0.15) is 0 Å². The molecule has 0 rings (SSSR count). The molecule has 1 heteroatoms. The second-order valence-electron chi connectivity index (χ2n) is 6.27. The van der Waals surface area contributed by atoms with E-state index in [1.807, 2.05) is 0 Å². The van der Waals surface area contributed by atoms with Gasteiger partial charge in [-0.05, 0) is 37.5 Å². The van der Waals surface area contributed by atoms with Crippen LogP contribution < -0.4 is 0 Å². The predicted molar refractivity (Wildman–Crippen MR) is 86.6 cm³/mol. The molecule has 0 aliphatic heterocycles. The average molecular weight is 271 g/mol. The Morgan fingerprint density at radius 2 is 1.05 bits per heavy atom. The quantitative estimate of drug-likeness (QED) is 0.409. The number of ether oxygens (including phenoxy) is 1. The zero-order valence-corrected chi connectivity index (χ0v) is 14.4. The van der Waals surface area contributed by atoms with Crippen LogP contribution in [0, 0.1) is 11.8 Å². The molecule has 0 aromatic carbocycles. The molecule has 0 fully saturated rings. The van der Waals surface area contributed by atoms with E-state index in [1.165, 1.54) is 38.5 Å². The summed E-state index contributed by atoms with van der Waals surface area (Å²) in [6.45, 7) is 13.8. The Kier molecular flexibility index (Phi) is 11.7. The number of hydrogen-bond acceptors (Lipinski definition) is 1. The van der Waals surface area contributed by atoms with Crippen LogP contribution >= 0.6 is 0 Å². The third kappa shape index (κ3) is 7.97. The van der Waals surface area contributed by atoms with Gasteiger partial charge >= 0.3 is 0 Å².